The molecule has 0 aliphatic heterocycles. The van der Waals surface area contributed by atoms with Gasteiger partial charge in [0.05, 0.1) is 10.6 Å². The van der Waals surface area contributed by atoms with Crippen molar-refractivity contribution in [3.63, 3.8) is 0 Å². The number of nitrogens with two attached hydrogens (primary N) is 1. The molecule has 0 aromatic heterocycles. The van der Waals surface area contributed by atoms with Gasteiger partial charge in [-0.05, 0) is 35.9 Å². The first-order valence-electron chi connectivity index (χ1n) is 5.78. The van der Waals surface area contributed by atoms with Gasteiger partial charge in [0.15, 0.2) is 0 Å². The fraction of sp³-hybridized carbons (Fsp3) is 0.0714. The number of carbonyl (C=O) groups is 1. The molecule has 4 N–H and O–H groups in total. The summed E-state index contributed by atoms with van der Waals surface area (Å²) in [7, 11) is 0. The minimum atomic E-state index is -0.515. The Morgan fingerprint density at radius 1 is 1.30 bits per heavy atom. The van der Waals surface area contributed by atoms with Crippen LogP contribution < -0.4 is 11.1 Å². The minimum absolute atomic E-state index is 0.00591. The third-order valence-corrected chi connectivity index (χ3v) is 3.01. The predicted molar refractivity (Wildman–Crippen MR) is 75.1 cm³/mol. The van der Waals surface area contributed by atoms with Crippen molar-refractivity contribution in [1.82, 2.24) is 5.32 Å². The first-order chi connectivity index (χ1) is 9.47. The molecule has 0 atom stereocenters. The van der Waals surface area contributed by atoms with Crippen molar-refractivity contribution in [3.8, 4) is 5.75 Å². The Hall–Kier alpha value is -2.27. The highest BCUT2D eigenvalue weighted by molar-refractivity contribution is 6.30. The zero-order valence-corrected chi connectivity index (χ0v) is 11.1. The van der Waals surface area contributed by atoms with Crippen LogP contribution in [0.4, 0.5) is 10.1 Å². The van der Waals surface area contributed by atoms with E-state index in [1.807, 2.05) is 0 Å². The molecule has 0 aliphatic carbocycles. The van der Waals surface area contributed by atoms with Crippen LogP contribution in [0.15, 0.2) is 36.4 Å². The van der Waals surface area contributed by atoms with Gasteiger partial charge in [0.25, 0.3) is 5.91 Å². The summed E-state index contributed by atoms with van der Waals surface area (Å²) in [6.07, 6.45) is 0. The summed E-state index contributed by atoms with van der Waals surface area (Å²) >= 11 is 5.65. The molecular weight excluding hydrogens is 283 g/mol. The number of phenolic OH excluding ortho intramolecular Hbond substituents is 1. The van der Waals surface area contributed by atoms with Gasteiger partial charge in [-0.15, -0.1) is 0 Å². The Morgan fingerprint density at radius 3 is 2.75 bits per heavy atom. The predicted octanol–water partition coefficient (Wildman–Crippen LogP) is 2.70. The van der Waals surface area contributed by atoms with Gasteiger partial charge < -0.3 is 16.2 Å². The Bertz CT molecular complexity index is 662. The quantitative estimate of drug-likeness (QED) is 0.602. The molecule has 2 aromatic rings. The summed E-state index contributed by atoms with van der Waals surface area (Å²) in [6.45, 7) is 0.175. The van der Waals surface area contributed by atoms with E-state index >= 15 is 0 Å². The molecule has 0 heterocycles. The fourth-order valence-electron chi connectivity index (χ4n) is 1.67. The first kappa shape index (κ1) is 14.1. The zero-order valence-electron chi connectivity index (χ0n) is 10.4. The minimum Gasteiger partial charge on any atom is -0.508 e. The number of rotatable bonds is 3. The van der Waals surface area contributed by atoms with Crippen LogP contribution in [0.3, 0.4) is 0 Å². The number of nitrogens with one attached hydrogen (secondary N) is 1. The molecule has 0 aliphatic rings. The van der Waals surface area contributed by atoms with Crippen molar-refractivity contribution in [1.29, 1.82) is 0 Å². The molecule has 0 fully saturated rings. The Labute approximate surface area is 120 Å². The third kappa shape index (κ3) is 3.19. The largest absolute Gasteiger partial charge is 0.508 e. The van der Waals surface area contributed by atoms with Crippen LogP contribution in [0.1, 0.15) is 15.9 Å². The highest BCUT2D eigenvalue weighted by Gasteiger charge is 2.10. The van der Waals surface area contributed by atoms with Gasteiger partial charge in [-0.1, -0.05) is 17.7 Å². The van der Waals surface area contributed by atoms with Crippen LogP contribution >= 0.6 is 11.6 Å². The Morgan fingerprint density at radius 2 is 2.05 bits per heavy atom. The Balaban J connectivity index is 2.08. The number of phenols is 1. The zero-order chi connectivity index (χ0) is 14.7. The normalized spacial score (nSPS) is 10.3. The van der Waals surface area contributed by atoms with Crippen LogP contribution in [-0.2, 0) is 6.54 Å². The number of amides is 1. The second-order valence-corrected chi connectivity index (χ2v) is 4.61. The van der Waals surface area contributed by atoms with Crippen LogP contribution in [0.25, 0.3) is 0 Å². The maximum atomic E-state index is 13.0. The van der Waals surface area contributed by atoms with Crippen molar-refractivity contribution in [3.05, 3.63) is 58.4 Å². The molecule has 1 amide bonds. The number of anilines is 1. The average molecular weight is 295 g/mol. The lowest BCUT2D eigenvalue weighted by atomic mass is 10.1. The lowest BCUT2D eigenvalue weighted by Crippen LogP contribution is -2.23. The van der Waals surface area contributed by atoms with Crippen molar-refractivity contribution in [2.75, 3.05) is 5.73 Å². The topological polar surface area (TPSA) is 75.3 Å². The molecule has 20 heavy (non-hydrogen) atoms. The van der Waals surface area contributed by atoms with Gasteiger partial charge in [0.2, 0.25) is 0 Å². The number of benzene rings is 2. The van der Waals surface area contributed by atoms with E-state index in [9.17, 15) is 14.3 Å². The molecule has 0 saturated heterocycles. The summed E-state index contributed by atoms with van der Waals surface area (Å²) in [4.78, 5) is 11.9. The van der Waals surface area contributed by atoms with Crippen molar-refractivity contribution in [2.24, 2.45) is 0 Å². The molecule has 6 heteroatoms. The number of halogens is 2. The molecule has 0 bridgehead atoms. The van der Waals surface area contributed by atoms with Gasteiger partial charge in [0.1, 0.15) is 11.6 Å². The molecule has 4 nitrogen and oxygen atoms in total. The smallest absolute Gasteiger partial charge is 0.253 e. The highest BCUT2D eigenvalue weighted by Crippen LogP contribution is 2.19. The molecule has 0 spiro atoms. The van der Waals surface area contributed by atoms with E-state index in [-0.39, 0.29) is 28.6 Å². The average Bonchev–Trinajstić information content (AvgIpc) is 2.42. The van der Waals surface area contributed by atoms with E-state index in [2.05, 4.69) is 5.32 Å². The SMILES string of the molecule is Nc1ccc(O)cc1C(=O)NCc1ccc(F)c(Cl)c1. The maximum Gasteiger partial charge on any atom is 0.253 e. The number of aromatic hydroxyl groups is 1. The van der Waals surface area contributed by atoms with E-state index in [1.54, 1.807) is 0 Å². The number of hydrogen-bond acceptors (Lipinski definition) is 3. The monoisotopic (exact) mass is 294 g/mol. The second-order valence-electron chi connectivity index (χ2n) is 4.20. The highest BCUT2D eigenvalue weighted by atomic mass is 35.5. The van der Waals surface area contributed by atoms with Crippen LogP contribution in [0.5, 0.6) is 5.75 Å². The van der Waals surface area contributed by atoms with E-state index in [0.717, 1.165) is 0 Å². The van der Waals surface area contributed by atoms with E-state index in [0.29, 0.717) is 5.56 Å². The van der Waals surface area contributed by atoms with Gasteiger partial charge in [-0.25, -0.2) is 4.39 Å². The van der Waals surface area contributed by atoms with Gasteiger partial charge in [-0.2, -0.15) is 0 Å². The van der Waals surface area contributed by atoms with Crippen LogP contribution in [-0.4, -0.2) is 11.0 Å². The molecule has 2 aromatic carbocycles. The molecule has 0 radical (unpaired) electrons. The number of carbonyl (C=O) groups excluding carboxylic acids is 1. The number of hydrogen-bond donors (Lipinski definition) is 3. The maximum absolute atomic E-state index is 13.0. The van der Waals surface area contributed by atoms with Gasteiger partial charge in [-0.3, -0.25) is 4.79 Å². The summed E-state index contributed by atoms with van der Waals surface area (Å²) in [5, 5.41) is 12.0. The van der Waals surface area contributed by atoms with Crippen molar-refractivity contribution >= 4 is 23.2 Å². The van der Waals surface area contributed by atoms with E-state index in [1.165, 1.54) is 36.4 Å². The fourth-order valence-corrected chi connectivity index (χ4v) is 1.87. The molecule has 104 valence electrons. The third-order valence-electron chi connectivity index (χ3n) is 2.72. The summed E-state index contributed by atoms with van der Waals surface area (Å²) in [5.74, 6) is -0.994. The van der Waals surface area contributed by atoms with Crippen LogP contribution in [0, 0.1) is 5.82 Å². The van der Waals surface area contributed by atoms with Crippen molar-refractivity contribution in [2.45, 2.75) is 6.54 Å². The summed E-state index contributed by atoms with van der Waals surface area (Å²) in [6, 6.07) is 8.30. The Kier molecular flexibility index (Phi) is 4.10. The molecular formula is C14H12ClFN2O2. The lowest BCUT2D eigenvalue weighted by molar-refractivity contribution is 0.0951. The summed E-state index contributed by atoms with van der Waals surface area (Å²) < 4.78 is 13.0. The van der Waals surface area contributed by atoms with Crippen LogP contribution in [0.2, 0.25) is 5.02 Å². The summed E-state index contributed by atoms with van der Waals surface area (Å²) in [5.41, 5.74) is 6.76. The number of nitrogen functional groups attached to an aromatic ring is 1. The second kappa shape index (κ2) is 5.79. The molecule has 2 rings (SSSR count). The van der Waals surface area contributed by atoms with Gasteiger partial charge in [0, 0.05) is 12.2 Å². The van der Waals surface area contributed by atoms with E-state index in [4.69, 9.17) is 17.3 Å². The van der Waals surface area contributed by atoms with E-state index < -0.39 is 11.7 Å². The molecule has 0 unspecified atom stereocenters. The van der Waals surface area contributed by atoms with Crippen molar-refractivity contribution < 1.29 is 14.3 Å². The van der Waals surface area contributed by atoms with Gasteiger partial charge >= 0.3 is 0 Å². The standard InChI is InChI=1S/C14H12ClFN2O2/c15-11-5-8(1-3-12(11)16)7-18-14(20)10-6-9(19)2-4-13(10)17/h1-6,19H,7,17H2,(H,18,20). The molecule has 0 saturated carbocycles. The lowest BCUT2D eigenvalue weighted by Gasteiger charge is -2.08. The first-order valence-corrected chi connectivity index (χ1v) is 6.16.